The van der Waals surface area contributed by atoms with Crippen LogP contribution in [0.25, 0.3) is 0 Å². The van der Waals surface area contributed by atoms with Crippen molar-refractivity contribution in [1.29, 1.82) is 0 Å². The fourth-order valence-corrected chi connectivity index (χ4v) is 9.46. The number of hydrogen-bond acceptors (Lipinski definition) is 3. The number of likely N-dealkylation sites (tertiary alicyclic amines) is 1. The Morgan fingerprint density at radius 1 is 1.09 bits per heavy atom. The fraction of sp³-hybridized carbons (Fsp3) is 0.724. The van der Waals surface area contributed by atoms with E-state index in [2.05, 4.69) is 37.9 Å². The van der Waals surface area contributed by atoms with Crippen LogP contribution in [0.2, 0.25) is 0 Å². The predicted molar refractivity (Wildman–Crippen MR) is 134 cm³/mol. The summed E-state index contributed by atoms with van der Waals surface area (Å²) < 4.78 is 6.00. The molecule has 1 saturated heterocycles. The van der Waals surface area contributed by atoms with Crippen molar-refractivity contribution >= 4 is 17.7 Å². The topological polar surface area (TPSA) is 58.6 Å². The molecule has 1 aliphatic heterocycles. The van der Waals surface area contributed by atoms with Crippen LogP contribution in [0, 0.1) is 40.4 Å². The third-order valence-electron chi connectivity index (χ3n) is 10.8. The van der Waals surface area contributed by atoms with Gasteiger partial charge in [0.05, 0.1) is 0 Å². The smallest absolute Gasteiger partial charge is 0.411 e. The molecule has 0 aromatic heterocycles. The second-order valence-corrected chi connectivity index (χ2v) is 12.4. The first-order chi connectivity index (χ1) is 16.1. The average molecular weight is 467 g/mol. The van der Waals surface area contributed by atoms with Crippen molar-refractivity contribution in [3.8, 4) is 0 Å². The highest BCUT2D eigenvalue weighted by molar-refractivity contribution is 5.84. The SMILES string of the molecule is C[C@H]1C[C@H]2[C@@H]3CC[C@H]4N(C)C(=O)CC[C@]4(C)[C@H]3CC[C@]2(C)[C@H]1[C@@H](C)OC(=O)Nc1ccccc1. The first-order valence-electron chi connectivity index (χ1n) is 13.4. The molecule has 0 bridgehead atoms. The van der Waals surface area contributed by atoms with Crippen molar-refractivity contribution in [3.05, 3.63) is 30.3 Å². The summed E-state index contributed by atoms with van der Waals surface area (Å²) in [5, 5.41) is 2.89. The number of ether oxygens (including phenoxy) is 1. The molecule has 5 heteroatoms. The Morgan fingerprint density at radius 3 is 2.56 bits per heavy atom. The molecule has 1 N–H and O–H groups in total. The molecular weight excluding hydrogens is 424 g/mol. The molecule has 3 saturated carbocycles. The van der Waals surface area contributed by atoms with Gasteiger partial charge >= 0.3 is 6.09 Å². The number of carbonyl (C=O) groups excluding carboxylic acids is 2. The Balaban J connectivity index is 1.32. The van der Waals surface area contributed by atoms with Crippen LogP contribution in [0.4, 0.5) is 10.5 Å². The highest BCUT2D eigenvalue weighted by Gasteiger charge is 2.63. The van der Waals surface area contributed by atoms with Gasteiger partial charge < -0.3 is 9.64 Å². The van der Waals surface area contributed by atoms with E-state index in [0.717, 1.165) is 24.4 Å². The predicted octanol–water partition coefficient (Wildman–Crippen LogP) is 6.35. The number of fused-ring (bicyclic) bond motifs is 5. The first kappa shape index (κ1) is 23.7. The van der Waals surface area contributed by atoms with E-state index in [9.17, 15) is 9.59 Å². The van der Waals surface area contributed by atoms with E-state index in [0.29, 0.717) is 42.0 Å². The van der Waals surface area contributed by atoms with Crippen molar-refractivity contribution in [3.63, 3.8) is 0 Å². The minimum atomic E-state index is -0.352. The maximum absolute atomic E-state index is 12.7. The molecule has 4 aliphatic rings. The van der Waals surface area contributed by atoms with Gasteiger partial charge in [-0.1, -0.05) is 39.0 Å². The zero-order valence-electron chi connectivity index (χ0n) is 21.5. The summed E-state index contributed by atoms with van der Waals surface area (Å²) in [5.41, 5.74) is 1.21. The lowest BCUT2D eigenvalue weighted by atomic mass is 9.46. The molecule has 4 fully saturated rings. The Bertz CT molecular complexity index is 935. The van der Waals surface area contributed by atoms with Crippen LogP contribution in [0.5, 0.6) is 0 Å². The number of nitrogens with one attached hydrogen (secondary N) is 1. The first-order valence-corrected chi connectivity index (χ1v) is 13.4. The lowest BCUT2D eigenvalue weighted by molar-refractivity contribution is -0.159. The number of rotatable bonds is 3. The van der Waals surface area contributed by atoms with Crippen LogP contribution in [0.15, 0.2) is 30.3 Å². The minimum absolute atomic E-state index is 0.115. The second kappa shape index (κ2) is 8.57. The summed E-state index contributed by atoms with van der Waals surface area (Å²) in [6.07, 6.45) is 7.30. The zero-order chi connectivity index (χ0) is 24.3. The summed E-state index contributed by atoms with van der Waals surface area (Å²) in [6.45, 7) is 9.45. The molecular formula is C29H42N2O3. The van der Waals surface area contributed by atoms with Gasteiger partial charge in [-0.05, 0) is 92.1 Å². The Labute approximate surface area is 205 Å². The Kier molecular flexibility index (Phi) is 5.97. The minimum Gasteiger partial charge on any atom is -0.446 e. The Hall–Kier alpha value is -2.04. The standard InChI is InChI=1S/C29H42N2O3/c1-18-17-23-21-11-12-24-28(3,16-14-25(32)31(24)5)22(21)13-15-29(23,4)26(18)19(2)34-27(33)30-20-9-7-6-8-10-20/h6-10,18-19,21-24,26H,11-17H2,1-5H3,(H,30,33)/t18-,19+,21+,22-,23-,24+,26+,28+,29-/m0/s1. The molecule has 34 heavy (non-hydrogen) atoms. The molecule has 186 valence electrons. The molecule has 1 heterocycles. The van der Waals surface area contributed by atoms with Gasteiger partial charge in [0.15, 0.2) is 0 Å². The molecule has 0 unspecified atom stereocenters. The van der Waals surface area contributed by atoms with Gasteiger partial charge in [-0.2, -0.15) is 0 Å². The number of amides is 2. The van der Waals surface area contributed by atoms with Gasteiger partial charge in [-0.15, -0.1) is 0 Å². The quantitative estimate of drug-likeness (QED) is 0.565. The normalized spacial score (nSPS) is 42.3. The molecule has 5 rings (SSSR count). The molecule has 0 radical (unpaired) electrons. The van der Waals surface area contributed by atoms with Crippen LogP contribution in [-0.4, -0.2) is 36.1 Å². The molecule has 3 aliphatic carbocycles. The summed E-state index contributed by atoms with van der Waals surface area (Å²) in [7, 11) is 2.03. The van der Waals surface area contributed by atoms with Gasteiger partial charge in [0.1, 0.15) is 6.10 Å². The lowest BCUT2D eigenvalue weighted by Crippen LogP contribution is -2.61. The van der Waals surface area contributed by atoms with E-state index in [4.69, 9.17) is 4.74 Å². The molecule has 2 amide bonds. The van der Waals surface area contributed by atoms with E-state index < -0.39 is 0 Å². The summed E-state index contributed by atoms with van der Waals surface area (Å²) >= 11 is 0. The zero-order valence-corrected chi connectivity index (χ0v) is 21.5. The lowest BCUT2D eigenvalue weighted by Gasteiger charge is -2.62. The van der Waals surface area contributed by atoms with E-state index in [1.54, 1.807) is 0 Å². The second-order valence-electron chi connectivity index (χ2n) is 12.4. The number of benzene rings is 1. The number of anilines is 1. The molecule has 1 aromatic rings. The van der Waals surface area contributed by atoms with Crippen LogP contribution >= 0.6 is 0 Å². The molecule has 0 spiro atoms. The molecule has 1 aromatic carbocycles. The largest absolute Gasteiger partial charge is 0.446 e. The van der Waals surface area contributed by atoms with E-state index in [1.165, 1.54) is 25.7 Å². The maximum atomic E-state index is 12.7. The van der Waals surface area contributed by atoms with Crippen LogP contribution in [0.3, 0.4) is 0 Å². The fourth-order valence-electron chi connectivity index (χ4n) is 9.46. The van der Waals surface area contributed by atoms with Gasteiger partial charge in [-0.25, -0.2) is 4.79 Å². The van der Waals surface area contributed by atoms with Crippen LogP contribution in [-0.2, 0) is 9.53 Å². The summed E-state index contributed by atoms with van der Waals surface area (Å²) in [6, 6.07) is 9.94. The number of piperidine rings is 1. The van der Waals surface area contributed by atoms with E-state index in [-0.39, 0.29) is 23.0 Å². The van der Waals surface area contributed by atoms with E-state index in [1.807, 2.05) is 37.4 Å². The highest BCUT2D eigenvalue weighted by atomic mass is 16.6. The van der Waals surface area contributed by atoms with Gasteiger partial charge in [0.2, 0.25) is 5.91 Å². The highest BCUT2D eigenvalue weighted by Crippen LogP contribution is 2.67. The molecule has 9 atom stereocenters. The molecule has 5 nitrogen and oxygen atoms in total. The summed E-state index contributed by atoms with van der Waals surface area (Å²) in [4.78, 5) is 27.2. The third kappa shape index (κ3) is 3.65. The number of nitrogens with zero attached hydrogens (tertiary/aromatic N) is 1. The van der Waals surface area contributed by atoms with Crippen molar-refractivity contribution in [1.82, 2.24) is 4.90 Å². The van der Waals surface area contributed by atoms with Gasteiger partial charge in [0.25, 0.3) is 0 Å². The van der Waals surface area contributed by atoms with Crippen molar-refractivity contribution in [2.75, 3.05) is 12.4 Å². The van der Waals surface area contributed by atoms with Crippen LogP contribution in [0.1, 0.15) is 72.6 Å². The van der Waals surface area contributed by atoms with Crippen molar-refractivity contribution in [2.45, 2.75) is 84.8 Å². The monoisotopic (exact) mass is 466 g/mol. The number of para-hydroxylation sites is 1. The van der Waals surface area contributed by atoms with Crippen molar-refractivity contribution < 1.29 is 14.3 Å². The number of carbonyl (C=O) groups is 2. The third-order valence-corrected chi connectivity index (χ3v) is 10.8. The summed E-state index contributed by atoms with van der Waals surface area (Å²) in [5.74, 6) is 3.34. The maximum Gasteiger partial charge on any atom is 0.411 e. The Morgan fingerprint density at radius 2 is 1.82 bits per heavy atom. The van der Waals surface area contributed by atoms with E-state index >= 15 is 0 Å². The van der Waals surface area contributed by atoms with Gasteiger partial charge in [-0.3, -0.25) is 10.1 Å². The average Bonchev–Trinajstić information content (AvgIpc) is 3.07. The van der Waals surface area contributed by atoms with Crippen molar-refractivity contribution in [2.24, 2.45) is 40.4 Å². The van der Waals surface area contributed by atoms with Gasteiger partial charge in [0, 0.05) is 31.1 Å². The van der Waals surface area contributed by atoms with Crippen LogP contribution < -0.4 is 5.32 Å². The number of hydrogen-bond donors (Lipinski definition) is 1.